The van der Waals surface area contributed by atoms with E-state index in [9.17, 15) is 4.79 Å². The number of anilines is 1. The Balaban J connectivity index is 2.67. The van der Waals surface area contributed by atoms with Gasteiger partial charge in [0.2, 0.25) is 0 Å². The molecule has 0 saturated carbocycles. The number of rotatable bonds is 4. The summed E-state index contributed by atoms with van der Waals surface area (Å²) in [7, 11) is 3.49. The van der Waals surface area contributed by atoms with E-state index in [0.29, 0.717) is 0 Å². The number of hydrogen-bond donors (Lipinski definition) is 1. The second kappa shape index (κ2) is 7.38. The van der Waals surface area contributed by atoms with Crippen LogP contribution in [0.2, 0.25) is 0 Å². The predicted molar refractivity (Wildman–Crippen MR) is 82.5 cm³/mol. The Kier molecular flexibility index (Phi) is 6.15. The Morgan fingerprint density at radius 2 is 2.17 bits per heavy atom. The van der Waals surface area contributed by atoms with Gasteiger partial charge in [0.05, 0.1) is 4.99 Å². The summed E-state index contributed by atoms with van der Waals surface area (Å²) in [6.07, 6.45) is 1.91. The molecule has 5 heteroatoms. The highest BCUT2D eigenvalue weighted by Gasteiger charge is 2.07. The Labute approximate surface area is 118 Å². The van der Waals surface area contributed by atoms with Crippen molar-refractivity contribution in [2.45, 2.75) is 24.7 Å². The van der Waals surface area contributed by atoms with E-state index >= 15 is 0 Å². The molecule has 1 aromatic carbocycles. The summed E-state index contributed by atoms with van der Waals surface area (Å²) in [5, 5.41) is 3.20. The second-order valence-corrected chi connectivity index (χ2v) is 5.61. The molecule has 0 aliphatic heterocycles. The monoisotopic (exact) mass is 282 g/mol. The van der Waals surface area contributed by atoms with Gasteiger partial charge in [0, 0.05) is 24.7 Å². The van der Waals surface area contributed by atoms with Crippen molar-refractivity contribution in [3.8, 4) is 0 Å². The predicted octanol–water partition coefficient (Wildman–Crippen LogP) is 4.00. The number of carbonyl (C=O) groups excluding carboxylic acids is 1. The molecule has 0 radical (unpaired) electrons. The SMILES string of the molecule is CCCC(=S)Nc1cccc(SC(=O)N(C)C)c1. The highest BCUT2D eigenvalue weighted by atomic mass is 32.2. The van der Waals surface area contributed by atoms with Crippen molar-refractivity contribution in [2.24, 2.45) is 0 Å². The molecule has 3 nitrogen and oxygen atoms in total. The lowest BCUT2D eigenvalue weighted by atomic mass is 10.3. The molecular weight excluding hydrogens is 264 g/mol. The largest absolute Gasteiger partial charge is 0.350 e. The van der Waals surface area contributed by atoms with E-state index in [0.717, 1.165) is 28.4 Å². The lowest BCUT2D eigenvalue weighted by Crippen LogP contribution is -2.16. The average molecular weight is 282 g/mol. The third-order valence-corrected chi connectivity index (χ3v) is 3.50. The molecule has 98 valence electrons. The zero-order valence-electron chi connectivity index (χ0n) is 10.9. The highest BCUT2D eigenvalue weighted by molar-refractivity contribution is 8.13. The molecule has 0 atom stereocenters. The maximum absolute atomic E-state index is 11.6. The van der Waals surface area contributed by atoms with Crippen LogP contribution in [0.15, 0.2) is 29.2 Å². The van der Waals surface area contributed by atoms with Crippen molar-refractivity contribution in [3.05, 3.63) is 24.3 Å². The molecule has 0 fully saturated rings. The first-order valence-electron chi connectivity index (χ1n) is 5.82. The van der Waals surface area contributed by atoms with Crippen LogP contribution < -0.4 is 5.32 Å². The van der Waals surface area contributed by atoms with E-state index in [4.69, 9.17) is 12.2 Å². The number of hydrogen-bond acceptors (Lipinski definition) is 3. The number of benzene rings is 1. The normalized spacial score (nSPS) is 9.94. The number of nitrogens with zero attached hydrogens (tertiary/aromatic N) is 1. The molecule has 0 spiro atoms. The average Bonchev–Trinajstić information content (AvgIpc) is 2.29. The number of thioether (sulfide) groups is 1. The van der Waals surface area contributed by atoms with Crippen molar-refractivity contribution >= 4 is 39.9 Å². The molecule has 1 amide bonds. The van der Waals surface area contributed by atoms with Gasteiger partial charge in [-0.05, 0) is 42.8 Å². The van der Waals surface area contributed by atoms with E-state index in [2.05, 4.69) is 12.2 Å². The Bertz CT molecular complexity index is 433. The second-order valence-electron chi connectivity index (χ2n) is 4.09. The van der Waals surface area contributed by atoms with Crippen LogP contribution in [0, 0.1) is 0 Å². The zero-order chi connectivity index (χ0) is 13.5. The summed E-state index contributed by atoms with van der Waals surface area (Å²) >= 11 is 6.42. The Morgan fingerprint density at radius 3 is 2.78 bits per heavy atom. The third kappa shape index (κ3) is 5.06. The van der Waals surface area contributed by atoms with Crippen LogP contribution in [0.25, 0.3) is 0 Å². The molecule has 0 heterocycles. The first kappa shape index (κ1) is 15.0. The molecule has 1 N–H and O–H groups in total. The van der Waals surface area contributed by atoms with Crippen LogP contribution in [-0.4, -0.2) is 29.2 Å². The van der Waals surface area contributed by atoms with Crippen molar-refractivity contribution in [2.75, 3.05) is 19.4 Å². The standard InChI is InChI=1S/C13H18N2OS2/c1-4-6-12(17)14-10-7-5-8-11(9-10)18-13(16)15(2)3/h5,7-9H,4,6H2,1-3H3,(H,14,17). The topological polar surface area (TPSA) is 32.3 Å². The van der Waals surface area contributed by atoms with Gasteiger partial charge in [-0.2, -0.15) is 0 Å². The number of carbonyl (C=O) groups is 1. The maximum Gasteiger partial charge on any atom is 0.285 e. The van der Waals surface area contributed by atoms with Crippen LogP contribution in [0.1, 0.15) is 19.8 Å². The summed E-state index contributed by atoms with van der Waals surface area (Å²) in [5.41, 5.74) is 0.935. The molecule has 0 bridgehead atoms. The smallest absolute Gasteiger partial charge is 0.285 e. The number of thiocarbonyl (C=S) groups is 1. The van der Waals surface area contributed by atoms with E-state index in [-0.39, 0.29) is 5.24 Å². The van der Waals surface area contributed by atoms with Gasteiger partial charge < -0.3 is 10.2 Å². The Hall–Kier alpha value is -1.07. The molecule has 1 aromatic rings. The summed E-state index contributed by atoms with van der Waals surface area (Å²) in [5.74, 6) is 0. The highest BCUT2D eigenvalue weighted by Crippen LogP contribution is 2.23. The molecular formula is C13H18N2OS2. The van der Waals surface area contributed by atoms with Gasteiger partial charge in [-0.15, -0.1) is 0 Å². The van der Waals surface area contributed by atoms with Crippen molar-refractivity contribution < 1.29 is 4.79 Å². The van der Waals surface area contributed by atoms with Crippen molar-refractivity contribution in [1.29, 1.82) is 0 Å². The van der Waals surface area contributed by atoms with Gasteiger partial charge in [-0.25, -0.2) is 0 Å². The summed E-state index contributed by atoms with van der Waals surface area (Å²) < 4.78 is 0. The van der Waals surface area contributed by atoms with Gasteiger partial charge in [0.25, 0.3) is 5.24 Å². The van der Waals surface area contributed by atoms with Crippen LogP contribution in [0.3, 0.4) is 0 Å². The molecule has 0 aliphatic carbocycles. The third-order valence-electron chi connectivity index (χ3n) is 2.17. The van der Waals surface area contributed by atoms with Gasteiger partial charge in [-0.1, -0.05) is 25.2 Å². The molecule has 18 heavy (non-hydrogen) atoms. The van der Waals surface area contributed by atoms with Crippen LogP contribution in [-0.2, 0) is 0 Å². The fraction of sp³-hybridized carbons (Fsp3) is 0.385. The first-order valence-corrected chi connectivity index (χ1v) is 7.04. The van der Waals surface area contributed by atoms with Crippen molar-refractivity contribution in [1.82, 2.24) is 4.90 Å². The lowest BCUT2D eigenvalue weighted by Gasteiger charge is -2.11. The van der Waals surface area contributed by atoms with Crippen molar-refractivity contribution in [3.63, 3.8) is 0 Å². The number of amides is 1. The summed E-state index contributed by atoms with van der Waals surface area (Å²) in [6, 6.07) is 7.72. The summed E-state index contributed by atoms with van der Waals surface area (Å²) in [4.78, 5) is 14.9. The van der Waals surface area contributed by atoms with Crippen LogP contribution in [0.4, 0.5) is 10.5 Å². The minimum absolute atomic E-state index is 0.0169. The Morgan fingerprint density at radius 1 is 1.44 bits per heavy atom. The quantitative estimate of drug-likeness (QED) is 0.668. The fourth-order valence-electron chi connectivity index (χ4n) is 1.28. The molecule has 1 rings (SSSR count). The fourth-order valence-corrected chi connectivity index (χ4v) is 2.32. The summed E-state index contributed by atoms with van der Waals surface area (Å²) in [6.45, 7) is 2.09. The molecule has 0 aromatic heterocycles. The van der Waals surface area contributed by atoms with Crippen LogP contribution >= 0.6 is 24.0 Å². The van der Waals surface area contributed by atoms with E-state index in [1.54, 1.807) is 19.0 Å². The minimum atomic E-state index is 0.0169. The zero-order valence-corrected chi connectivity index (χ0v) is 12.5. The van der Waals surface area contributed by atoms with E-state index < -0.39 is 0 Å². The van der Waals surface area contributed by atoms with Gasteiger partial charge in [0.1, 0.15) is 0 Å². The molecule has 0 aliphatic rings. The molecule has 0 saturated heterocycles. The molecule has 0 unspecified atom stereocenters. The van der Waals surface area contributed by atoms with Gasteiger partial charge in [-0.3, -0.25) is 4.79 Å². The van der Waals surface area contributed by atoms with Gasteiger partial charge >= 0.3 is 0 Å². The maximum atomic E-state index is 11.6. The number of nitrogens with one attached hydrogen (secondary N) is 1. The first-order chi connectivity index (χ1) is 8.52. The minimum Gasteiger partial charge on any atom is -0.350 e. The van der Waals surface area contributed by atoms with E-state index in [1.807, 2.05) is 24.3 Å². The van der Waals surface area contributed by atoms with Gasteiger partial charge in [0.15, 0.2) is 0 Å². The van der Waals surface area contributed by atoms with E-state index in [1.165, 1.54) is 11.8 Å². The lowest BCUT2D eigenvalue weighted by molar-refractivity contribution is 0.241. The van der Waals surface area contributed by atoms with Crippen LogP contribution in [0.5, 0.6) is 0 Å².